The van der Waals surface area contributed by atoms with Gasteiger partial charge in [-0.15, -0.1) is 45.3 Å². The van der Waals surface area contributed by atoms with Gasteiger partial charge in [0.2, 0.25) is 0 Å². The van der Waals surface area contributed by atoms with Gasteiger partial charge in [-0.2, -0.15) is 0 Å². The maximum absolute atomic E-state index is 6.96. The normalized spacial score (nSPS) is 16.8. The number of thiophene rings is 4. The molecule has 4 heterocycles. The quantitative estimate of drug-likeness (QED) is 0.0691. The molecular formula is C44H56Cl2S4. The predicted octanol–water partition coefficient (Wildman–Crippen LogP) is 17.8. The van der Waals surface area contributed by atoms with Crippen molar-refractivity contribution >= 4 is 88.7 Å². The van der Waals surface area contributed by atoms with E-state index < -0.39 is 0 Å². The molecule has 6 heteroatoms. The monoisotopic (exact) mass is 782 g/mol. The zero-order chi connectivity index (χ0) is 34.1. The molecule has 0 atom stereocenters. The average Bonchev–Trinajstić information content (AvgIpc) is 3.85. The molecule has 0 amide bonds. The Labute approximate surface area is 328 Å². The number of hydrogen-bond donors (Lipinski definition) is 0. The average molecular weight is 784 g/mol. The summed E-state index contributed by atoms with van der Waals surface area (Å²) in [6.45, 7) is 0. The van der Waals surface area contributed by atoms with Gasteiger partial charge in [-0.1, -0.05) is 152 Å². The molecule has 1 aromatic carbocycles. The minimum absolute atomic E-state index is 0.958. The first-order valence-electron chi connectivity index (χ1n) is 20.1. The molecule has 50 heavy (non-hydrogen) atoms. The first-order valence-corrected chi connectivity index (χ1v) is 24.3. The zero-order valence-corrected chi connectivity index (χ0v) is 34.8. The maximum atomic E-state index is 6.96. The molecule has 2 aliphatic rings. The van der Waals surface area contributed by atoms with Crippen molar-refractivity contribution in [2.24, 2.45) is 11.8 Å². The third-order valence-corrected chi connectivity index (χ3v) is 17.0. The molecule has 0 nitrogen and oxygen atoms in total. The highest BCUT2D eigenvalue weighted by Gasteiger charge is 2.23. The van der Waals surface area contributed by atoms with Crippen molar-refractivity contribution in [1.82, 2.24) is 0 Å². The molecule has 2 saturated carbocycles. The van der Waals surface area contributed by atoms with Crippen molar-refractivity contribution in [3.63, 3.8) is 0 Å². The number of hydrogen-bond acceptors (Lipinski definition) is 4. The molecular weight excluding hydrogens is 728 g/mol. The Bertz CT molecular complexity index is 1590. The molecule has 2 aliphatic carbocycles. The summed E-state index contributed by atoms with van der Waals surface area (Å²) in [6.07, 6.45) is 33.4. The topological polar surface area (TPSA) is 0 Å². The van der Waals surface area contributed by atoms with E-state index >= 15 is 0 Å². The van der Waals surface area contributed by atoms with E-state index in [4.69, 9.17) is 23.2 Å². The molecule has 0 spiro atoms. The molecule has 270 valence electrons. The van der Waals surface area contributed by atoms with E-state index in [1.54, 1.807) is 0 Å². The molecule has 5 aromatic rings. The van der Waals surface area contributed by atoms with Gasteiger partial charge in [0.05, 0.1) is 10.0 Å². The number of halogens is 2. The highest BCUT2D eigenvalue weighted by Crippen LogP contribution is 2.51. The number of unbranched alkanes of at least 4 members (excludes halogenated alkanes) is 6. The summed E-state index contributed by atoms with van der Waals surface area (Å²) < 4.78 is 2.77. The van der Waals surface area contributed by atoms with Crippen LogP contribution in [0.4, 0.5) is 0 Å². The van der Waals surface area contributed by atoms with Gasteiger partial charge in [-0.3, -0.25) is 0 Å². The van der Waals surface area contributed by atoms with Crippen LogP contribution in [0.1, 0.15) is 151 Å². The Balaban J connectivity index is 0.988. The van der Waals surface area contributed by atoms with Gasteiger partial charge in [-0.25, -0.2) is 0 Å². The number of rotatable bonds is 16. The SMILES string of the molecule is Clc1cc(-c2c3ccsc3c(-c3cc(Cl)c(CCCCCCC4CCCCCC4)s3)c3ccsc23)sc1CCCCCCC1CCCCCC1. The van der Waals surface area contributed by atoms with Crippen LogP contribution >= 0.6 is 68.5 Å². The molecule has 0 saturated heterocycles. The molecule has 0 N–H and O–H groups in total. The number of fused-ring (bicyclic) bond motifs is 2. The second-order valence-electron chi connectivity index (χ2n) is 15.5. The molecule has 4 aromatic heterocycles. The minimum Gasteiger partial charge on any atom is -0.143 e. The van der Waals surface area contributed by atoms with Gasteiger partial charge in [0.1, 0.15) is 0 Å². The zero-order valence-electron chi connectivity index (χ0n) is 30.0. The second kappa shape index (κ2) is 18.9. The highest BCUT2D eigenvalue weighted by molar-refractivity contribution is 7.22. The van der Waals surface area contributed by atoms with Gasteiger partial charge < -0.3 is 0 Å². The fraction of sp³-hybridized carbons (Fsp3) is 0.591. The van der Waals surface area contributed by atoms with Gasteiger partial charge >= 0.3 is 0 Å². The highest BCUT2D eigenvalue weighted by atomic mass is 35.5. The van der Waals surface area contributed by atoms with Crippen LogP contribution in [0.2, 0.25) is 10.0 Å². The van der Waals surface area contributed by atoms with Crippen LogP contribution in [0.15, 0.2) is 35.0 Å². The summed E-state index contributed by atoms with van der Waals surface area (Å²) in [4.78, 5) is 5.37. The Morgan fingerprint density at radius 2 is 0.900 bits per heavy atom. The minimum atomic E-state index is 0.958. The number of aryl methyl sites for hydroxylation is 2. The van der Waals surface area contributed by atoms with Gasteiger partial charge in [-0.05, 0) is 72.5 Å². The largest absolute Gasteiger partial charge is 0.143 e. The van der Waals surface area contributed by atoms with Gasteiger partial charge in [0.15, 0.2) is 0 Å². The fourth-order valence-electron chi connectivity index (χ4n) is 8.98. The van der Waals surface area contributed by atoms with E-state index in [-0.39, 0.29) is 0 Å². The second-order valence-corrected chi connectivity index (χ2v) is 20.4. The summed E-state index contributed by atoms with van der Waals surface area (Å²) in [7, 11) is 0. The lowest BCUT2D eigenvalue weighted by molar-refractivity contribution is 0.405. The Hall–Kier alpha value is -0.880. The van der Waals surface area contributed by atoms with Crippen LogP contribution in [0, 0.1) is 11.8 Å². The van der Waals surface area contributed by atoms with Crippen LogP contribution in [-0.4, -0.2) is 0 Å². The standard InChI is InChI=1S/C44H56Cl2S4/c45-35-29-39(49-37(35)23-15-7-5-13-21-31-17-9-1-2-10-18-31)41-33-25-27-48-44(33)42(34-26-28-47-43(34)41)40-30-36(46)38(50-40)24-16-8-6-14-22-32-19-11-3-4-12-20-32/h25-32H,1-24H2. The summed E-state index contributed by atoms with van der Waals surface area (Å²) in [5.41, 5.74) is 2.76. The molecule has 0 bridgehead atoms. The molecule has 0 unspecified atom stereocenters. The van der Waals surface area contributed by atoms with E-state index in [1.807, 2.05) is 45.3 Å². The van der Waals surface area contributed by atoms with Crippen LogP contribution in [-0.2, 0) is 12.8 Å². The Kier molecular flexibility index (Phi) is 14.2. The van der Waals surface area contributed by atoms with Crippen molar-refractivity contribution in [3.05, 3.63) is 54.8 Å². The maximum Gasteiger partial charge on any atom is 0.0551 e. The van der Waals surface area contributed by atoms with E-state index in [0.29, 0.717) is 0 Å². The predicted molar refractivity (Wildman–Crippen MR) is 230 cm³/mol. The first kappa shape index (κ1) is 37.4. The Morgan fingerprint density at radius 1 is 0.500 bits per heavy atom. The van der Waals surface area contributed by atoms with Crippen LogP contribution in [0.3, 0.4) is 0 Å². The lowest BCUT2D eigenvalue weighted by atomic mass is 9.93. The van der Waals surface area contributed by atoms with Crippen LogP contribution < -0.4 is 0 Å². The van der Waals surface area contributed by atoms with Gasteiger partial charge in [0, 0.05) is 50.8 Å². The lowest BCUT2D eigenvalue weighted by Gasteiger charge is -2.13. The van der Waals surface area contributed by atoms with Crippen LogP contribution in [0.5, 0.6) is 0 Å². The number of benzene rings is 1. The van der Waals surface area contributed by atoms with E-state index in [9.17, 15) is 0 Å². The molecule has 0 aliphatic heterocycles. The fourth-order valence-corrected chi connectivity index (χ4v) is 14.1. The Morgan fingerprint density at radius 3 is 1.32 bits per heavy atom. The first-order chi connectivity index (χ1) is 24.7. The summed E-state index contributed by atoms with van der Waals surface area (Å²) in [5, 5.41) is 9.19. The smallest absolute Gasteiger partial charge is 0.0551 e. The summed E-state index contributed by atoms with van der Waals surface area (Å²) >= 11 is 21.5. The third-order valence-electron chi connectivity index (χ3n) is 11.8. The van der Waals surface area contributed by atoms with Crippen molar-refractivity contribution in [2.45, 2.75) is 154 Å². The summed E-state index contributed by atoms with van der Waals surface area (Å²) in [5.74, 6) is 2.00. The van der Waals surface area contributed by atoms with Crippen molar-refractivity contribution in [1.29, 1.82) is 0 Å². The lowest BCUT2D eigenvalue weighted by Crippen LogP contribution is -1.98. The van der Waals surface area contributed by atoms with E-state index in [2.05, 4.69) is 35.0 Å². The summed E-state index contributed by atoms with van der Waals surface area (Å²) in [6, 6.07) is 9.20. The van der Waals surface area contributed by atoms with Crippen molar-refractivity contribution in [3.8, 4) is 20.9 Å². The molecule has 2 fully saturated rings. The molecule has 0 radical (unpaired) electrons. The third kappa shape index (κ3) is 9.43. The van der Waals surface area contributed by atoms with E-state index in [0.717, 1.165) is 34.7 Å². The van der Waals surface area contributed by atoms with Gasteiger partial charge in [0.25, 0.3) is 0 Å². The van der Waals surface area contributed by atoms with Crippen molar-refractivity contribution in [2.75, 3.05) is 0 Å². The van der Waals surface area contributed by atoms with Crippen molar-refractivity contribution < 1.29 is 0 Å². The molecule has 7 rings (SSSR count). The van der Waals surface area contributed by atoms with E-state index in [1.165, 1.54) is 192 Å². The van der Waals surface area contributed by atoms with Crippen LogP contribution in [0.25, 0.3) is 41.1 Å².